The van der Waals surface area contributed by atoms with Gasteiger partial charge in [-0.1, -0.05) is 36.4 Å². The minimum atomic E-state index is -0.150. The number of nitrogens with one attached hydrogen (secondary N) is 2. The Kier molecular flexibility index (Phi) is 7.74. The van der Waals surface area contributed by atoms with E-state index in [0.29, 0.717) is 13.1 Å². The molecule has 7 nitrogen and oxygen atoms in total. The quantitative estimate of drug-likeness (QED) is 0.717. The van der Waals surface area contributed by atoms with Gasteiger partial charge in [0.05, 0.1) is 19.3 Å². The maximum atomic E-state index is 12.6. The molecule has 2 N–H and O–H groups in total. The van der Waals surface area contributed by atoms with Crippen molar-refractivity contribution in [3.05, 3.63) is 59.8 Å². The molecule has 166 valence electrons. The average Bonchev–Trinajstić information content (AvgIpc) is 2.85. The van der Waals surface area contributed by atoms with Crippen molar-refractivity contribution in [2.24, 2.45) is 0 Å². The van der Waals surface area contributed by atoms with Crippen molar-refractivity contribution in [3.63, 3.8) is 0 Å². The Bertz CT molecular complexity index is 820. The third-order valence-corrected chi connectivity index (χ3v) is 6.09. The number of amides is 2. The highest BCUT2D eigenvalue weighted by atomic mass is 16.5. The van der Waals surface area contributed by atoms with Gasteiger partial charge in [-0.05, 0) is 30.9 Å². The van der Waals surface area contributed by atoms with Crippen LogP contribution in [0.3, 0.4) is 0 Å². The Morgan fingerprint density at radius 2 is 1.74 bits per heavy atom. The molecule has 0 radical (unpaired) electrons. The van der Waals surface area contributed by atoms with E-state index in [2.05, 4.69) is 43.6 Å². The highest BCUT2D eigenvalue weighted by molar-refractivity contribution is 5.74. The van der Waals surface area contributed by atoms with E-state index in [9.17, 15) is 4.79 Å². The topological polar surface area (TPSA) is 69.7 Å². The number of rotatable bonds is 7. The van der Waals surface area contributed by atoms with Gasteiger partial charge in [0.1, 0.15) is 5.82 Å². The van der Waals surface area contributed by atoms with Crippen LogP contribution >= 0.6 is 0 Å². The van der Waals surface area contributed by atoms with Gasteiger partial charge in [0.25, 0.3) is 0 Å². The van der Waals surface area contributed by atoms with Gasteiger partial charge in [-0.2, -0.15) is 0 Å². The van der Waals surface area contributed by atoms with Gasteiger partial charge in [-0.15, -0.1) is 0 Å². The first-order valence-electron chi connectivity index (χ1n) is 11.4. The highest BCUT2D eigenvalue weighted by Crippen LogP contribution is 2.22. The maximum absolute atomic E-state index is 12.6. The number of benzene rings is 1. The summed E-state index contributed by atoms with van der Waals surface area (Å²) in [7, 11) is 0. The summed E-state index contributed by atoms with van der Waals surface area (Å²) in [4.78, 5) is 21.9. The molecule has 7 heteroatoms. The second kappa shape index (κ2) is 11.1. The lowest BCUT2D eigenvalue weighted by atomic mass is 10.0. The monoisotopic (exact) mass is 423 g/mol. The van der Waals surface area contributed by atoms with Crippen molar-refractivity contribution in [3.8, 4) is 0 Å². The SMILES string of the molecule is O=C(NCc1cccnc1N1CCCCC1)NCC(c1ccccc1)N1CCOCC1. The summed E-state index contributed by atoms with van der Waals surface area (Å²) in [6.45, 7) is 6.31. The Hall–Kier alpha value is -2.64. The first kappa shape index (κ1) is 21.6. The maximum Gasteiger partial charge on any atom is 0.315 e. The Labute approximate surface area is 184 Å². The Balaban J connectivity index is 1.34. The van der Waals surface area contributed by atoms with Crippen LogP contribution in [-0.2, 0) is 11.3 Å². The molecule has 1 atom stereocenters. The van der Waals surface area contributed by atoms with Crippen LogP contribution < -0.4 is 15.5 Å². The number of ether oxygens (including phenoxy) is 1. The second-order valence-electron chi connectivity index (χ2n) is 8.17. The number of hydrogen-bond donors (Lipinski definition) is 2. The fourth-order valence-electron chi connectivity index (χ4n) is 4.41. The molecule has 4 rings (SSSR count). The van der Waals surface area contributed by atoms with E-state index >= 15 is 0 Å². The second-order valence-corrected chi connectivity index (χ2v) is 8.17. The molecule has 2 saturated heterocycles. The molecule has 3 heterocycles. The molecule has 2 aliphatic heterocycles. The molecule has 1 aromatic carbocycles. The Morgan fingerprint density at radius 3 is 2.52 bits per heavy atom. The summed E-state index contributed by atoms with van der Waals surface area (Å²) in [6.07, 6.45) is 5.52. The number of nitrogens with zero attached hydrogens (tertiary/aromatic N) is 3. The summed E-state index contributed by atoms with van der Waals surface area (Å²) < 4.78 is 5.51. The number of pyridine rings is 1. The van der Waals surface area contributed by atoms with E-state index < -0.39 is 0 Å². The van der Waals surface area contributed by atoms with Crippen LogP contribution in [-0.4, -0.2) is 61.9 Å². The van der Waals surface area contributed by atoms with Gasteiger partial charge in [0, 0.05) is 51.0 Å². The van der Waals surface area contributed by atoms with E-state index in [1.165, 1.54) is 24.8 Å². The Morgan fingerprint density at radius 1 is 0.968 bits per heavy atom. The van der Waals surface area contributed by atoms with Crippen LogP contribution in [0.4, 0.5) is 10.6 Å². The van der Waals surface area contributed by atoms with Crippen molar-refractivity contribution in [1.29, 1.82) is 0 Å². The van der Waals surface area contributed by atoms with Gasteiger partial charge in [0.2, 0.25) is 0 Å². The van der Waals surface area contributed by atoms with Crippen LogP contribution in [0.15, 0.2) is 48.7 Å². The van der Waals surface area contributed by atoms with Gasteiger partial charge >= 0.3 is 6.03 Å². The largest absolute Gasteiger partial charge is 0.379 e. The van der Waals surface area contributed by atoms with E-state index in [1.54, 1.807) is 0 Å². The zero-order valence-electron chi connectivity index (χ0n) is 18.1. The molecular weight excluding hydrogens is 390 g/mol. The number of aromatic nitrogens is 1. The van der Waals surface area contributed by atoms with Crippen LogP contribution in [0.1, 0.15) is 36.4 Å². The van der Waals surface area contributed by atoms with Crippen molar-refractivity contribution in [2.75, 3.05) is 50.8 Å². The minimum absolute atomic E-state index is 0.137. The summed E-state index contributed by atoms with van der Waals surface area (Å²) in [5.74, 6) is 0.998. The normalized spacial score (nSPS) is 18.4. The summed E-state index contributed by atoms with van der Waals surface area (Å²) in [6, 6.07) is 14.3. The molecule has 0 bridgehead atoms. The molecule has 1 unspecified atom stereocenters. The molecule has 2 fully saturated rings. The zero-order valence-corrected chi connectivity index (χ0v) is 18.1. The number of urea groups is 1. The van der Waals surface area contributed by atoms with E-state index in [1.807, 2.05) is 30.5 Å². The number of carbonyl (C=O) groups excluding carboxylic acids is 1. The van der Waals surface area contributed by atoms with E-state index in [4.69, 9.17) is 4.74 Å². The molecular formula is C24H33N5O2. The van der Waals surface area contributed by atoms with Crippen LogP contribution in [0, 0.1) is 0 Å². The predicted octanol–water partition coefficient (Wildman–Crippen LogP) is 2.94. The van der Waals surface area contributed by atoms with Crippen LogP contribution in [0.25, 0.3) is 0 Å². The van der Waals surface area contributed by atoms with Crippen molar-refractivity contribution in [1.82, 2.24) is 20.5 Å². The van der Waals surface area contributed by atoms with Gasteiger partial charge in [-0.25, -0.2) is 9.78 Å². The van der Waals surface area contributed by atoms with E-state index in [0.717, 1.165) is 50.8 Å². The number of hydrogen-bond acceptors (Lipinski definition) is 5. The van der Waals surface area contributed by atoms with Crippen molar-refractivity contribution >= 4 is 11.8 Å². The zero-order chi connectivity index (χ0) is 21.3. The first-order chi connectivity index (χ1) is 15.3. The predicted molar refractivity (Wildman–Crippen MR) is 122 cm³/mol. The number of carbonyl (C=O) groups is 1. The third-order valence-electron chi connectivity index (χ3n) is 6.09. The summed E-state index contributed by atoms with van der Waals surface area (Å²) in [5.41, 5.74) is 2.27. The summed E-state index contributed by atoms with van der Waals surface area (Å²) in [5, 5.41) is 6.11. The molecule has 31 heavy (non-hydrogen) atoms. The number of anilines is 1. The van der Waals surface area contributed by atoms with Crippen LogP contribution in [0.2, 0.25) is 0 Å². The van der Waals surface area contributed by atoms with Gasteiger partial charge in [-0.3, -0.25) is 4.90 Å². The molecule has 0 spiro atoms. The number of piperidine rings is 1. The molecule has 1 aromatic heterocycles. The molecule has 2 aromatic rings. The van der Waals surface area contributed by atoms with Gasteiger partial charge < -0.3 is 20.3 Å². The lowest BCUT2D eigenvalue weighted by Crippen LogP contribution is -2.45. The smallest absolute Gasteiger partial charge is 0.315 e. The molecule has 2 amide bonds. The average molecular weight is 424 g/mol. The summed E-state index contributed by atoms with van der Waals surface area (Å²) >= 11 is 0. The first-order valence-corrected chi connectivity index (χ1v) is 11.4. The van der Waals surface area contributed by atoms with Crippen molar-refractivity contribution in [2.45, 2.75) is 31.8 Å². The molecule has 2 aliphatic rings. The van der Waals surface area contributed by atoms with E-state index in [-0.39, 0.29) is 12.1 Å². The molecule has 0 aliphatic carbocycles. The van der Waals surface area contributed by atoms with Gasteiger partial charge in [0.15, 0.2) is 0 Å². The lowest BCUT2D eigenvalue weighted by molar-refractivity contribution is 0.0167. The molecule has 0 saturated carbocycles. The third kappa shape index (κ3) is 5.95. The highest BCUT2D eigenvalue weighted by Gasteiger charge is 2.23. The minimum Gasteiger partial charge on any atom is -0.379 e. The lowest BCUT2D eigenvalue weighted by Gasteiger charge is -2.35. The fraction of sp³-hybridized carbons (Fsp3) is 0.500. The van der Waals surface area contributed by atoms with Crippen molar-refractivity contribution < 1.29 is 9.53 Å². The fourth-order valence-corrected chi connectivity index (χ4v) is 4.41. The standard InChI is InChI=1S/C24H33N5O2/c30-24(26-18-21-10-7-11-25-23(21)29-12-5-2-6-13-29)27-19-22(20-8-3-1-4-9-20)28-14-16-31-17-15-28/h1,3-4,7-11,22H,2,5-6,12-19H2,(H2,26,27,30). The van der Waals surface area contributed by atoms with Crippen LogP contribution in [0.5, 0.6) is 0 Å². The number of morpholine rings is 1.